The summed E-state index contributed by atoms with van der Waals surface area (Å²) < 4.78 is 5.70. The van der Waals surface area contributed by atoms with Crippen molar-refractivity contribution in [3.8, 4) is 0 Å². The summed E-state index contributed by atoms with van der Waals surface area (Å²) in [6.45, 7) is 8.43. The van der Waals surface area contributed by atoms with Gasteiger partial charge in [-0.15, -0.1) is 11.3 Å². The van der Waals surface area contributed by atoms with Gasteiger partial charge in [0.2, 0.25) is 0 Å². The molecule has 0 saturated carbocycles. The fourth-order valence-electron chi connectivity index (χ4n) is 2.40. The maximum atomic E-state index is 12.3. The first kappa shape index (κ1) is 19.7. The molecule has 3 heterocycles. The molecule has 0 aliphatic carbocycles. The van der Waals surface area contributed by atoms with Crippen molar-refractivity contribution in [1.82, 2.24) is 15.0 Å². The third-order valence-electron chi connectivity index (χ3n) is 3.40. The lowest BCUT2D eigenvalue weighted by Gasteiger charge is -2.17. The van der Waals surface area contributed by atoms with Gasteiger partial charge in [-0.2, -0.15) is 0 Å². The Balaban J connectivity index is 0.00000117. The number of amides is 2. The maximum Gasteiger partial charge on any atom is 0.323 e. The van der Waals surface area contributed by atoms with E-state index in [4.69, 9.17) is 4.74 Å². The van der Waals surface area contributed by atoms with Crippen molar-refractivity contribution in [3.63, 3.8) is 0 Å². The van der Waals surface area contributed by atoms with E-state index in [1.165, 1.54) is 11.3 Å². The molecule has 0 aliphatic rings. The Morgan fingerprint density at radius 1 is 1.27 bits per heavy atom. The second kappa shape index (κ2) is 9.79. The summed E-state index contributed by atoms with van der Waals surface area (Å²) >= 11 is 1.45. The van der Waals surface area contributed by atoms with Crippen molar-refractivity contribution in [1.29, 1.82) is 0 Å². The largest absolute Gasteiger partial charge is 0.374 e. The van der Waals surface area contributed by atoms with Gasteiger partial charge < -0.3 is 15.4 Å². The van der Waals surface area contributed by atoms with Crippen molar-refractivity contribution >= 4 is 39.1 Å². The number of aromatic nitrogens is 3. The number of nitrogens with zero attached hydrogens (tertiary/aromatic N) is 3. The Hall–Kier alpha value is -2.58. The Morgan fingerprint density at radius 3 is 2.77 bits per heavy atom. The molecule has 0 aliphatic heterocycles. The third kappa shape index (κ3) is 4.74. The summed E-state index contributed by atoms with van der Waals surface area (Å²) in [5.41, 5.74) is 4.50. The van der Waals surface area contributed by atoms with Gasteiger partial charge in [0.15, 0.2) is 0 Å². The average molecular weight is 373 g/mol. The highest BCUT2D eigenvalue weighted by molar-refractivity contribution is 7.16. The van der Waals surface area contributed by atoms with Crippen molar-refractivity contribution in [2.24, 2.45) is 0 Å². The van der Waals surface area contributed by atoms with Gasteiger partial charge in [-0.25, -0.2) is 14.8 Å². The Bertz CT molecular complexity index is 838. The summed E-state index contributed by atoms with van der Waals surface area (Å²) in [5.74, 6) is 0. The molecule has 0 saturated heterocycles. The molecule has 7 nitrogen and oxygen atoms in total. The number of fused-ring (bicyclic) bond motifs is 1. The van der Waals surface area contributed by atoms with E-state index in [1.54, 1.807) is 36.2 Å². The van der Waals surface area contributed by atoms with Gasteiger partial charge in [-0.3, -0.25) is 4.98 Å². The van der Waals surface area contributed by atoms with E-state index in [2.05, 4.69) is 25.6 Å². The number of nitrogens with one attached hydrogen (secondary N) is 2. The van der Waals surface area contributed by atoms with Crippen LogP contribution in [0.25, 0.3) is 10.3 Å². The normalized spacial score (nSPS) is 11.4. The topological polar surface area (TPSA) is 89.0 Å². The molecule has 2 amide bonds. The van der Waals surface area contributed by atoms with E-state index in [0.717, 1.165) is 15.9 Å². The van der Waals surface area contributed by atoms with Gasteiger partial charge in [0.25, 0.3) is 0 Å². The van der Waals surface area contributed by atoms with Crippen molar-refractivity contribution < 1.29 is 9.53 Å². The Kier molecular flexibility index (Phi) is 7.43. The monoisotopic (exact) mass is 373 g/mol. The molecule has 0 bridgehead atoms. The van der Waals surface area contributed by atoms with Gasteiger partial charge in [0.1, 0.15) is 10.3 Å². The highest BCUT2D eigenvalue weighted by atomic mass is 32.1. The summed E-state index contributed by atoms with van der Waals surface area (Å²) in [6.07, 6.45) is 4.64. The minimum Gasteiger partial charge on any atom is -0.374 e. The molecule has 0 aromatic carbocycles. The molecule has 3 aromatic heterocycles. The molecule has 8 heteroatoms. The van der Waals surface area contributed by atoms with E-state index in [1.807, 2.05) is 27.7 Å². The van der Waals surface area contributed by atoms with Crippen LogP contribution in [0.1, 0.15) is 39.4 Å². The smallest absolute Gasteiger partial charge is 0.323 e. The highest BCUT2D eigenvalue weighted by Crippen LogP contribution is 2.32. The molecular weight excluding hydrogens is 350 g/mol. The number of pyridine rings is 2. The molecule has 1 unspecified atom stereocenters. The lowest BCUT2D eigenvalue weighted by atomic mass is 10.1. The van der Waals surface area contributed by atoms with Gasteiger partial charge in [0.05, 0.1) is 35.4 Å². The van der Waals surface area contributed by atoms with E-state index >= 15 is 0 Å². The molecule has 3 rings (SSSR count). The molecule has 0 fully saturated rings. The minimum atomic E-state index is -0.371. The number of urea groups is 1. The maximum absolute atomic E-state index is 12.3. The SMILES string of the molecule is CC.CCOC(C)c1c(NC(=O)Nc2cccnc2)cnc2scnc12. The first-order valence-corrected chi connectivity index (χ1v) is 9.38. The zero-order valence-electron chi connectivity index (χ0n) is 15.3. The summed E-state index contributed by atoms with van der Waals surface area (Å²) in [7, 11) is 0. The second-order valence-corrected chi connectivity index (χ2v) is 5.84. The van der Waals surface area contributed by atoms with E-state index in [9.17, 15) is 4.79 Å². The van der Waals surface area contributed by atoms with E-state index < -0.39 is 0 Å². The molecular formula is C18H23N5O2S. The van der Waals surface area contributed by atoms with Crippen LogP contribution in [0.5, 0.6) is 0 Å². The van der Waals surface area contributed by atoms with Crippen LogP contribution in [0, 0.1) is 0 Å². The van der Waals surface area contributed by atoms with Crippen LogP contribution < -0.4 is 10.6 Å². The average Bonchev–Trinajstić information content (AvgIpc) is 3.12. The van der Waals surface area contributed by atoms with Gasteiger partial charge >= 0.3 is 6.03 Å². The number of anilines is 2. The molecule has 138 valence electrons. The van der Waals surface area contributed by atoms with Crippen molar-refractivity contribution in [3.05, 3.63) is 41.8 Å². The van der Waals surface area contributed by atoms with Crippen molar-refractivity contribution in [2.45, 2.75) is 33.8 Å². The number of carbonyl (C=O) groups excluding carboxylic acids is 1. The minimum absolute atomic E-state index is 0.212. The number of hydrogen-bond acceptors (Lipinski definition) is 6. The predicted molar refractivity (Wildman–Crippen MR) is 106 cm³/mol. The lowest BCUT2D eigenvalue weighted by molar-refractivity contribution is 0.0777. The predicted octanol–water partition coefficient (Wildman–Crippen LogP) is 4.85. The van der Waals surface area contributed by atoms with Gasteiger partial charge in [0, 0.05) is 18.4 Å². The van der Waals surface area contributed by atoms with Crippen LogP contribution in [0.4, 0.5) is 16.2 Å². The van der Waals surface area contributed by atoms with Crippen molar-refractivity contribution in [2.75, 3.05) is 17.2 Å². The lowest BCUT2D eigenvalue weighted by Crippen LogP contribution is -2.21. The second-order valence-electron chi connectivity index (χ2n) is 5.01. The fraction of sp³-hybridized carbons (Fsp3) is 0.333. The van der Waals surface area contributed by atoms with Crippen LogP contribution in [-0.2, 0) is 4.74 Å². The van der Waals surface area contributed by atoms with E-state index in [-0.39, 0.29) is 12.1 Å². The summed E-state index contributed by atoms with van der Waals surface area (Å²) in [6, 6.07) is 3.14. The number of ether oxygens (including phenoxy) is 1. The Morgan fingerprint density at radius 2 is 2.08 bits per heavy atom. The third-order valence-corrected chi connectivity index (χ3v) is 4.13. The fourth-order valence-corrected chi connectivity index (χ4v) is 3.05. The quantitative estimate of drug-likeness (QED) is 0.667. The summed E-state index contributed by atoms with van der Waals surface area (Å²) in [4.78, 5) is 25.8. The molecule has 0 spiro atoms. The zero-order chi connectivity index (χ0) is 18.9. The zero-order valence-corrected chi connectivity index (χ0v) is 16.1. The number of hydrogen-bond donors (Lipinski definition) is 2. The number of rotatable bonds is 5. The first-order chi connectivity index (χ1) is 12.7. The molecule has 2 N–H and O–H groups in total. The number of thiazole rings is 1. The van der Waals surface area contributed by atoms with Crippen LogP contribution >= 0.6 is 11.3 Å². The van der Waals surface area contributed by atoms with Crippen LogP contribution in [0.2, 0.25) is 0 Å². The Labute approximate surface area is 156 Å². The molecule has 0 radical (unpaired) electrons. The van der Waals surface area contributed by atoms with Crippen LogP contribution in [-0.4, -0.2) is 27.6 Å². The van der Waals surface area contributed by atoms with Gasteiger partial charge in [-0.05, 0) is 26.0 Å². The first-order valence-electron chi connectivity index (χ1n) is 8.50. The van der Waals surface area contributed by atoms with E-state index in [0.29, 0.717) is 18.0 Å². The highest BCUT2D eigenvalue weighted by Gasteiger charge is 2.19. The van der Waals surface area contributed by atoms with Crippen LogP contribution in [0.15, 0.2) is 36.2 Å². The number of carbonyl (C=O) groups is 1. The van der Waals surface area contributed by atoms with Crippen LogP contribution in [0.3, 0.4) is 0 Å². The molecule has 3 aromatic rings. The molecule has 1 atom stereocenters. The standard InChI is InChI=1S/C16H17N5O2S.C2H6/c1-3-23-10(2)13-12(8-18-15-14(13)19-9-24-15)21-16(22)20-11-5-4-6-17-7-11;1-2/h4-10H,3H2,1-2H3,(H2,20,21,22);1-2H3. The van der Waals surface area contributed by atoms with Gasteiger partial charge in [-0.1, -0.05) is 13.8 Å². The summed E-state index contributed by atoms with van der Waals surface area (Å²) in [5, 5.41) is 5.56. The molecule has 26 heavy (non-hydrogen) atoms.